The van der Waals surface area contributed by atoms with Gasteiger partial charge >= 0.3 is 0 Å². The van der Waals surface area contributed by atoms with Crippen molar-refractivity contribution in [1.29, 1.82) is 0 Å². The maximum Gasteiger partial charge on any atom is 0.115 e. The molecule has 1 aromatic heterocycles. The van der Waals surface area contributed by atoms with Gasteiger partial charge in [0.15, 0.2) is 0 Å². The van der Waals surface area contributed by atoms with Crippen LogP contribution in [-0.4, -0.2) is 14.9 Å². The normalized spacial score (nSPS) is 27.4. The van der Waals surface area contributed by atoms with Crippen LogP contribution < -0.4 is 0 Å². The van der Waals surface area contributed by atoms with E-state index in [-0.39, 0.29) is 5.92 Å². The Labute approximate surface area is 113 Å². The molecule has 1 aliphatic rings. The van der Waals surface area contributed by atoms with Crippen molar-refractivity contribution in [2.75, 3.05) is 0 Å². The Hall–Kier alpha value is -1.61. The minimum Gasteiger partial charge on any atom is -0.383 e. The van der Waals surface area contributed by atoms with Crippen LogP contribution in [0.15, 0.2) is 42.6 Å². The van der Waals surface area contributed by atoms with Crippen LogP contribution in [-0.2, 0) is 12.6 Å². The van der Waals surface area contributed by atoms with E-state index >= 15 is 0 Å². The molecule has 19 heavy (non-hydrogen) atoms. The predicted molar refractivity (Wildman–Crippen MR) is 74.8 cm³/mol. The molecule has 1 fully saturated rings. The molecule has 1 N–H and O–H groups in total. The van der Waals surface area contributed by atoms with Gasteiger partial charge in [-0.1, -0.05) is 43.2 Å². The van der Waals surface area contributed by atoms with Crippen LogP contribution in [0.2, 0.25) is 0 Å². The third-order valence-corrected chi connectivity index (χ3v) is 4.24. The third kappa shape index (κ3) is 2.19. The highest BCUT2D eigenvalue weighted by atomic mass is 16.3. The lowest BCUT2D eigenvalue weighted by molar-refractivity contribution is -0.0266. The molecule has 2 atom stereocenters. The van der Waals surface area contributed by atoms with Gasteiger partial charge in [-0.3, -0.25) is 4.68 Å². The molecular formula is C16H20N2O. The lowest BCUT2D eigenvalue weighted by Gasteiger charge is -2.39. The second kappa shape index (κ2) is 4.82. The highest BCUT2D eigenvalue weighted by Gasteiger charge is 2.42. The Balaban J connectivity index is 2.01. The van der Waals surface area contributed by atoms with E-state index in [9.17, 15) is 5.11 Å². The van der Waals surface area contributed by atoms with Gasteiger partial charge in [-0.25, -0.2) is 0 Å². The van der Waals surface area contributed by atoms with Crippen molar-refractivity contribution in [2.45, 2.75) is 37.2 Å². The monoisotopic (exact) mass is 256 g/mol. The number of aromatic nitrogens is 2. The molecule has 0 radical (unpaired) electrons. The topological polar surface area (TPSA) is 38.0 Å². The van der Waals surface area contributed by atoms with Gasteiger partial charge in [-0.2, -0.15) is 5.10 Å². The second-order valence-corrected chi connectivity index (χ2v) is 5.51. The summed E-state index contributed by atoms with van der Waals surface area (Å²) >= 11 is 0. The van der Waals surface area contributed by atoms with Crippen molar-refractivity contribution < 1.29 is 5.11 Å². The Kier molecular flexibility index (Phi) is 3.15. The molecule has 0 spiro atoms. The number of aryl methyl sites for hydroxylation is 1. The Morgan fingerprint density at radius 2 is 2.00 bits per heavy atom. The quantitative estimate of drug-likeness (QED) is 0.897. The van der Waals surface area contributed by atoms with Crippen LogP contribution in [0.5, 0.6) is 0 Å². The third-order valence-electron chi connectivity index (χ3n) is 4.24. The first-order valence-electron chi connectivity index (χ1n) is 6.97. The molecule has 0 saturated heterocycles. The van der Waals surface area contributed by atoms with Gasteiger partial charge in [-0.15, -0.1) is 0 Å². The summed E-state index contributed by atoms with van der Waals surface area (Å²) in [5.41, 5.74) is 1.21. The van der Waals surface area contributed by atoms with Crippen molar-refractivity contribution in [2.24, 2.45) is 7.05 Å². The van der Waals surface area contributed by atoms with Crippen LogP contribution in [0.3, 0.4) is 0 Å². The van der Waals surface area contributed by atoms with E-state index in [1.165, 1.54) is 12.0 Å². The van der Waals surface area contributed by atoms with E-state index in [0.29, 0.717) is 0 Å². The summed E-state index contributed by atoms with van der Waals surface area (Å²) in [4.78, 5) is 0. The number of hydrogen-bond acceptors (Lipinski definition) is 2. The summed E-state index contributed by atoms with van der Waals surface area (Å²) in [6, 6.07) is 12.3. The lowest BCUT2D eigenvalue weighted by Crippen LogP contribution is -2.37. The van der Waals surface area contributed by atoms with Crippen molar-refractivity contribution in [3.63, 3.8) is 0 Å². The molecule has 0 amide bonds. The van der Waals surface area contributed by atoms with Crippen LogP contribution in [0, 0.1) is 0 Å². The average molecular weight is 256 g/mol. The minimum absolute atomic E-state index is 0.150. The summed E-state index contributed by atoms with van der Waals surface area (Å²) < 4.78 is 1.77. The van der Waals surface area contributed by atoms with Gasteiger partial charge in [0.05, 0.1) is 5.69 Å². The molecule has 3 rings (SSSR count). The van der Waals surface area contributed by atoms with Gasteiger partial charge in [0.2, 0.25) is 0 Å². The first-order chi connectivity index (χ1) is 9.20. The van der Waals surface area contributed by atoms with E-state index in [1.54, 1.807) is 4.68 Å². The summed E-state index contributed by atoms with van der Waals surface area (Å²) in [5, 5.41) is 15.6. The van der Waals surface area contributed by atoms with E-state index in [2.05, 4.69) is 17.2 Å². The van der Waals surface area contributed by atoms with Gasteiger partial charge < -0.3 is 5.11 Å². The molecular weight excluding hydrogens is 236 g/mol. The van der Waals surface area contributed by atoms with Crippen LogP contribution in [0.4, 0.5) is 0 Å². The maximum atomic E-state index is 11.2. The Bertz CT molecular complexity index is 549. The number of aliphatic hydroxyl groups is 1. The number of rotatable bonds is 2. The Morgan fingerprint density at radius 1 is 1.21 bits per heavy atom. The van der Waals surface area contributed by atoms with E-state index < -0.39 is 5.60 Å². The molecule has 100 valence electrons. The molecule has 0 aliphatic heterocycles. The van der Waals surface area contributed by atoms with Crippen molar-refractivity contribution in [3.05, 3.63) is 53.9 Å². The lowest BCUT2D eigenvalue weighted by atomic mass is 9.70. The molecule has 2 unspecified atom stereocenters. The number of benzene rings is 1. The zero-order valence-corrected chi connectivity index (χ0v) is 11.3. The van der Waals surface area contributed by atoms with Crippen LogP contribution >= 0.6 is 0 Å². The van der Waals surface area contributed by atoms with E-state index in [0.717, 1.165) is 25.0 Å². The summed E-state index contributed by atoms with van der Waals surface area (Å²) in [7, 11) is 1.90. The maximum absolute atomic E-state index is 11.2. The zero-order valence-electron chi connectivity index (χ0n) is 11.3. The smallest absolute Gasteiger partial charge is 0.115 e. The van der Waals surface area contributed by atoms with Crippen molar-refractivity contribution in [1.82, 2.24) is 9.78 Å². The molecule has 2 aromatic rings. The van der Waals surface area contributed by atoms with E-state index in [1.807, 2.05) is 37.5 Å². The molecule has 1 aromatic carbocycles. The molecule has 3 nitrogen and oxygen atoms in total. The number of nitrogens with zero attached hydrogens (tertiary/aromatic N) is 2. The zero-order chi connectivity index (χ0) is 13.3. The van der Waals surface area contributed by atoms with Gasteiger partial charge in [0.25, 0.3) is 0 Å². The number of hydrogen-bond donors (Lipinski definition) is 1. The SMILES string of the molecule is Cn1ccc(C2(O)CCCCC2c2ccccc2)n1. The molecule has 1 aliphatic carbocycles. The fraction of sp³-hybridized carbons (Fsp3) is 0.438. The van der Waals surface area contributed by atoms with E-state index in [4.69, 9.17) is 0 Å². The van der Waals surface area contributed by atoms with Gasteiger partial charge in [0.1, 0.15) is 5.60 Å². The highest BCUT2D eigenvalue weighted by Crippen LogP contribution is 2.46. The molecule has 3 heteroatoms. The average Bonchev–Trinajstić information content (AvgIpc) is 2.88. The van der Waals surface area contributed by atoms with Crippen molar-refractivity contribution in [3.8, 4) is 0 Å². The summed E-state index contributed by atoms with van der Waals surface area (Å²) in [5.74, 6) is 0.150. The summed E-state index contributed by atoms with van der Waals surface area (Å²) in [6.45, 7) is 0. The van der Waals surface area contributed by atoms with Gasteiger partial charge in [0, 0.05) is 19.2 Å². The fourth-order valence-corrected chi connectivity index (χ4v) is 3.24. The Morgan fingerprint density at radius 3 is 2.68 bits per heavy atom. The fourth-order valence-electron chi connectivity index (χ4n) is 3.24. The standard InChI is InChI=1S/C16H20N2O/c1-18-12-10-15(17-18)16(19)11-6-5-9-14(16)13-7-3-2-4-8-13/h2-4,7-8,10,12,14,19H,5-6,9,11H2,1H3. The van der Waals surface area contributed by atoms with Crippen molar-refractivity contribution >= 4 is 0 Å². The first-order valence-corrected chi connectivity index (χ1v) is 6.97. The predicted octanol–water partition coefficient (Wildman–Crippen LogP) is 2.97. The second-order valence-electron chi connectivity index (χ2n) is 5.51. The summed E-state index contributed by atoms with van der Waals surface area (Å²) in [6.07, 6.45) is 5.97. The highest BCUT2D eigenvalue weighted by molar-refractivity contribution is 5.28. The molecule has 1 saturated carbocycles. The first kappa shape index (κ1) is 12.4. The molecule has 1 heterocycles. The van der Waals surface area contributed by atoms with Crippen LogP contribution in [0.1, 0.15) is 42.9 Å². The van der Waals surface area contributed by atoms with Crippen LogP contribution in [0.25, 0.3) is 0 Å². The van der Waals surface area contributed by atoms with Gasteiger partial charge in [-0.05, 0) is 24.5 Å². The largest absolute Gasteiger partial charge is 0.383 e. The molecule has 0 bridgehead atoms. The minimum atomic E-state index is -0.819.